The molecule has 136 valence electrons. The van der Waals surface area contributed by atoms with Gasteiger partial charge in [-0.2, -0.15) is 0 Å². The van der Waals surface area contributed by atoms with Crippen molar-refractivity contribution in [3.05, 3.63) is 59.6 Å². The molecule has 7 nitrogen and oxygen atoms in total. The third-order valence-electron chi connectivity index (χ3n) is 3.64. The quantitative estimate of drug-likeness (QED) is 0.634. The van der Waals surface area contributed by atoms with Crippen LogP contribution in [0.5, 0.6) is 11.5 Å². The molecular formula is C18H17NO6S. The summed E-state index contributed by atoms with van der Waals surface area (Å²) in [5, 5.41) is 2.81. The maximum atomic E-state index is 12.7. The first-order valence-corrected chi connectivity index (χ1v) is 9.25. The standard InChI is InChI=1S/C18H17NO6S/c1-23-18(20)17(26(21,22)14-5-3-2-4-6-14)12-19-13-7-8-15-16(11-13)25-10-9-24-15/h2-8,11-12,19H,9-10H2,1H3/b17-12+. The summed E-state index contributed by atoms with van der Waals surface area (Å²) in [4.78, 5) is 11.5. The lowest BCUT2D eigenvalue weighted by Gasteiger charge is -2.18. The minimum atomic E-state index is -4.03. The summed E-state index contributed by atoms with van der Waals surface area (Å²) in [7, 11) is -2.91. The monoisotopic (exact) mass is 375 g/mol. The predicted octanol–water partition coefficient (Wildman–Crippen LogP) is 2.36. The topological polar surface area (TPSA) is 90.9 Å². The summed E-state index contributed by atoms with van der Waals surface area (Å²) in [5.74, 6) is 0.190. The average molecular weight is 375 g/mol. The van der Waals surface area contributed by atoms with Crippen LogP contribution < -0.4 is 14.8 Å². The Kier molecular flexibility index (Phi) is 5.13. The second-order valence-electron chi connectivity index (χ2n) is 5.32. The lowest BCUT2D eigenvalue weighted by molar-refractivity contribution is -0.135. The van der Waals surface area contributed by atoms with E-state index in [9.17, 15) is 13.2 Å². The van der Waals surface area contributed by atoms with Gasteiger partial charge in [0.2, 0.25) is 9.84 Å². The zero-order valence-corrected chi connectivity index (χ0v) is 14.8. The molecule has 2 aromatic rings. The number of esters is 1. The van der Waals surface area contributed by atoms with Gasteiger partial charge in [0.15, 0.2) is 16.4 Å². The molecule has 26 heavy (non-hydrogen) atoms. The van der Waals surface area contributed by atoms with Crippen molar-refractivity contribution in [2.45, 2.75) is 4.90 Å². The fourth-order valence-corrected chi connectivity index (χ4v) is 3.64. The Balaban J connectivity index is 1.92. The SMILES string of the molecule is COC(=O)/C(=C\Nc1ccc2c(c1)OCCO2)S(=O)(=O)c1ccccc1. The Labute approximate surface area is 151 Å². The van der Waals surface area contributed by atoms with Crippen molar-refractivity contribution in [3.63, 3.8) is 0 Å². The molecule has 0 aliphatic carbocycles. The number of sulfone groups is 1. The molecule has 8 heteroatoms. The number of rotatable bonds is 5. The minimum Gasteiger partial charge on any atom is -0.486 e. The summed E-state index contributed by atoms with van der Waals surface area (Å²) in [5.41, 5.74) is 0.541. The zero-order valence-electron chi connectivity index (χ0n) is 14.0. The molecule has 0 fully saturated rings. The maximum Gasteiger partial charge on any atom is 0.351 e. The van der Waals surface area contributed by atoms with Crippen LogP contribution in [-0.2, 0) is 19.4 Å². The van der Waals surface area contributed by atoms with Crippen molar-refractivity contribution < 1.29 is 27.4 Å². The first-order valence-electron chi connectivity index (χ1n) is 7.77. The molecule has 0 atom stereocenters. The first kappa shape index (κ1) is 17.8. The van der Waals surface area contributed by atoms with E-state index < -0.39 is 20.7 Å². The molecule has 0 bridgehead atoms. The van der Waals surface area contributed by atoms with Crippen molar-refractivity contribution >= 4 is 21.5 Å². The van der Waals surface area contributed by atoms with Gasteiger partial charge < -0.3 is 19.5 Å². The van der Waals surface area contributed by atoms with Crippen LogP contribution in [0.15, 0.2) is 64.5 Å². The van der Waals surface area contributed by atoms with Crippen LogP contribution in [0.4, 0.5) is 5.69 Å². The number of hydrogen-bond donors (Lipinski definition) is 1. The summed E-state index contributed by atoms with van der Waals surface area (Å²) in [6.45, 7) is 0.906. The third kappa shape index (κ3) is 3.65. The van der Waals surface area contributed by atoms with Crippen LogP contribution in [0.25, 0.3) is 0 Å². The summed E-state index contributed by atoms with van der Waals surface area (Å²) < 4.78 is 41.0. The number of carbonyl (C=O) groups is 1. The lowest BCUT2D eigenvalue weighted by atomic mass is 10.2. The van der Waals surface area contributed by atoms with Crippen molar-refractivity contribution in [3.8, 4) is 11.5 Å². The Morgan fingerprint density at radius 3 is 2.46 bits per heavy atom. The average Bonchev–Trinajstić information content (AvgIpc) is 2.68. The van der Waals surface area contributed by atoms with E-state index in [1.54, 1.807) is 36.4 Å². The van der Waals surface area contributed by atoms with Crippen LogP contribution in [0.1, 0.15) is 0 Å². The number of anilines is 1. The molecule has 2 aromatic carbocycles. The second kappa shape index (κ2) is 7.49. The molecule has 0 saturated heterocycles. The number of hydrogen-bond acceptors (Lipinski definition) is 7. The molecule has 0 aromatic heterocycles. The second-order valence-corrected chi connectivity index (χ2v) is 7.24. The van der Waals surface area contributed by atoms with Gasteiger partial charge in [-0.25, -0.2) is 13.2 Å². The smallest absolute Gasteiger partial charge is 0.351 e. The number of carbonyl (C=O) groups excluding carboxylic acids is 1. The van der Waals surface area contributed by atoms with E-state index in [-0.39, 0.29) is 4.90 Å². The maximum absolute atomic E-state index is 12.7. The van der Waals surface area contributed by atoms with E-state index in [1.165, 1.54) is 12.1 Å². The number of nitrogens with one attached hydrogen (secondary N) is 1. The van der Waals surface area contributed by atoms with Crippen LogP contribution >= 0.6 is 0 Å². The van der Waals surface area contributed by atoms with Crippen LogP contribution in [0.3, 0.4) is 0 Å². The molecule has 0 amide bonds. The summed E-state index contributed by atoms with van der Waals surface area (Å²) in [6.07, 6.45) is 1.11. The highest BCUT2D eigenvalue weighted by atomic mass is 32.2. The molecule has 1 heterocycles. The number of benzene rings is 2. The van der Waals surface area contributed by atoms with Gasteiger partial charge in [0.05, 0.1) is 12.0 Å². The highest BCUT2D eigenvalue weighted by Crippen LogP contribution is 2.32. The molecule has 0 unspecified atom stereocenters. The fourth-order valence-electron chi connectivity index (χ4n) is 2.36. The molecule has 0 spiro atoms. The molecular weight excluding hydrogens is 358 g/mol. The van der Waals surface area contributed by atoms with Crippen LogP contribution in [0, 0.1) is 0 Å². The Bertz CT molecular complexity index is 937. The van der Waals surface area contributed by atoms with Crippen molar-refractivity contribution in [2.24, 2.45) is 0 Å². The third-order valence-corrected chi connectivity index (χ3v) is 5.40. The van der Waals surface area contributed by atoms with E-state index in [0.29, 0.717) is 30.4 Å². The Hall–Kier alpha value is -3.00. The fraction of sp³-hybridized carbons (Fsp3) is 0.167. The van der Waals surface area contributed by atoms with Crippen molar-refractivity contribution in [2.75, 3.05) is 25.6 Å². The van der Waals surface area contributed by atoms with E-state index in [2.05, 4.69) is 10.1 Å². The van der Waals surface area contributed by atoms with Gasteiger partial charge in [-0.1, -0.05) is 18.2 Å². The molecule has 0 saturated carbocycles. The van der Waals surface area contributed by atoms with Crippen molar-refractivity contribution in [1.82, 2.24) is 0 Å². The van der Waals surface area contributed by atoms with Gasteiger partial charge in [-0.3, -0.25) is 0 Å². The highest BCUT2D eigenvalue weighted by molar-refractivity contribution is 7.96. The summed E-state index contributed by atoms with van der Waals surface area (Å²) >= 11 is 0. The number of ether oxygens (including phenoxy) is 3. The Morgan fingerprint density at radius 1 is 1.08 bits per heavy atom. The largest absolute Gasteiger partial charge is 0.486 e. The molecule has 1 aliphatic rings. The van der Waals surface area contributed by atoms with Gasteiger partial charge >= 0.3 is 5.97 Å². The predicted molar refractivity (Wildman–Crippen MR) is 94.8 cm³/mol. The normalized spacial score (nSPS) is 13.8. The van der Waals surface area contributed by atoms with Gasteiger partial charge in [0.1, 0.15) is 13.2 Å². The lowest BCUT2D eigenvalue weighted by Crippen LogP contribution is -2.17. The minimum absolute atomic E-state index is 0.000578. The Morgan fingerprint density at radius 2 is 1.77 bits per heavy atom. The van der Waals surface area contributed by atoms with Gasteiger partial charge in [-0.15, -0.1) is 0 Å². The molecule has 1 N–H and O–H groups in total. The van der Waals surface area contributed by atoms with Crippen LogP contribution in [-0.4, -0.2) is 34.7 Å². The first-order chi connectivity index (χ1) is 12.5. The van der Waals surface area contributed by atoms with Gasteiger partial charge in [0, 0.05) is 18.0 Å². The van der Waals surface area contributed by atoms with E-state index in [0.717, 1.165) is 13.3 Å². The van der Waals surface area contributed by atoms with Gasteiger partial charge in [0.25, 0.3) is 0 Å². The van der Waals surface area contributed by atoms with E-state index in [1.807, 2.05) is 0 Å². The van der Waals surface area contributed by atoms with Crippen molar-refractivity contribution in [1.29, 1.82) is 0 Å². The zero-order chi connectivity index (χ0) is 18.6. The van der Waals surface area contributed by atoms with E-state index >= 15 is 0 Å². The number of fused-ring (bicyclic) bond motifs is 1. The van der Waals surface area contributed by atoms with E-state index in [4.69, 9.17) is 9.47 Å². The number of methoxy groups -OCH3 is 1. The van der Waals surface area contributed by atoms with Gasteiger partial charge in [-0.05, 0) is 24.3 Å². The van der Waals surface area contributed by atoms with Crippen LogP contribution in [0.2, 0.25) is 0 Å². The highest BCUT2D eigenvalue weighted by Gasteiger charge is 2.28. The molecule has 1 aliphatic heterocycles. The summed E-state index contributed by atoms with van der Waals surface area (Å²) in [6, 6.07) is 12.7. The molecule has 0 radical (unpaired) electrons. The molecule has 3 rings (SSSR count).